The Morgan fingerprint density at radius 3 is 2.74 bits per heavy atom. The molecule has 1 heterocycles. The van der Waals surface area contributed by atoms with Gasteiger partial charge in [0.1, 0.15) is 5.82 Å². The van der Waals surface area contributed by atoms with Crippen molar-refractivity contribution in [2.24, 2.45) is 5.73 Å². The fourth-order valence-electron chi connectivity index (χ4n) is 1.65. The zero-order valence-electron chi connectivity index (χ0n) is 10.3. The average Bonchev–Trinajstić information content (AvgIpc) is 2.35. The molecule has 0 atom stereocenters. The van der Waals surface area contributed by atoms with E-state index in [4.69, 9.17) is 11.5 Å². The van der Waals surface area contributed by atoms with Gasteiger partial charge in [0.05, 0.1) is 17.4 Å². The number of nitrogens with one attached hydrogen (secondary N) is 1. The van der Waals surface area contributed by atoms with Crippen molar-refractivity contribution in [3.05, 3.63) is 45.2 Å². The molecule has 0 spiro atoms. The molecule has 1 amide bonds. The Morgan fingerprint density at radius 2 is 2.05 bits per heavy atom. The number of carbonyl (C=O) groups excluding carboxylic acids is 1. The van der Waals surface area contributed by atoms with Gasteiger partial charge in [-0.1, -0.05) is 6.07 Å². The second-order valence-electron chi connectivity index (χ2n) is 4.10. The second-order valence-corrected chi connectivity index (χ2v) is 5.35. The monoisotopic (exact) mass is 368 g/mol. The molecular weight excluding hydrogens is 355 g/mol. The molecule has 2 rings (SSSR count). The molecule has 0 saturated carbocycles. The van der Waals surface area contributed by atoms with Gasteiger partial charge in [-0.05, 0) is 53.3 Å². The highest BCUT2D eigenvalue weighted by molar-refractivity contribution is 14.1. The maximum atomic E-state index is 11.4. The molecule has 5 nitrogen and oxygen atoms in total. The van der Waals surface area contributed by atoms with Gasteiger partial charge < -0.3 is 16.8 Å². The number of aromatic nitrogens is 1. The zero-order chi connectivity index (χ0) is 14.0. The van der Waals surface area contributed by atoms with Crippen molar-refractivity contribution in [3.8, 4) is 0 Å². The van der Waals surface area contributed by atoms with E-state index in [0.717, 1.165) is 14.8 Å². The number of aryl methyl sites for hydroxylation is 1. The molecular formula is C13H13IN4O. The number of nitrogens with zero attached hydrogens (tertiary/aromatic N) is 1. The number of nitrogens with two attached hydrogens (primary N) is 2. The third-order valence-corrected chi connectivity index (χ3v) is 3.33. The first-order chi connectivity index (χ1) is 8.97. The van der Waals surface area contributed by atoms with Crippen LogP contribution in [0.25, 0.3) is 0 Å². The van der Waals surface area contributed by atoms with Crippen LogP contribution in [0.5, 0.6) is 0 Å². The van der Waals surface area contributed by atoms with Gasteiger partial charge in [0.15, 0.2) is 0 Å². The van der Waals surface area contributed by atoms with E-state index in [-0.39, 0.29) is 5.82 Å². The molecule has 0 aliphatic rings. The van der Waals surface area contributed by atoms with E-state index >= 15 is 0 Å². The number of amides is 1. The van der Waals surface area contributed by atoms with Gasteiger partial charge in [0.2, 0.25) is 0 Å². The van der Waals surface area contributed by atoms with E-state index in [0.29, 0.717) is 11.3 Å². The summed E-state index contributed by atoms with van der Waals surface area (Å²) in [7, 11) is 0. The lowest BCUT2D eigenvalue weighted by atomic mass is 10.1. The number of rotatable bonds is 3. The van der Waals surface area contributed by atoms with Gasteiger partial charge in [-0.3, -0.25) is 4.79 Å². The van der Waals surface area contributed by atoms with E-state index in [1.54, 1.807) is 0 Å². The highest BCUT2D eigenvalue weighted by Gasteiger charge is 2.10. The van der Waals surface area contributed by atoms with Crippen LogP contribution in [0.15, 0.2) is 30.5 Å². The van der Waals surface area contributed by atoms with Crippen LogP contribution in [-0.2, 0) is 0 Å². The first-order valence-electron chi connectivity index (χ1n) is 5.56. The summed E-state index contributed by atoms with van der Waals surface area (Å²) < 4.78 is 1.09. The normalized spacial score (nSPS) is 10.2. The maximum Gasteiger partial charge on any atom is 0.251 e. The van der Waals surface area contributed by atoms with Gasteiger partial charge in [-0.15, -0.1) is 0 Å². The van der Waals surface area contributed by atoms with Crippen molar-refractivity contribution in [1.29, 1.82) is 0 Å². The molecule has 1 aromatic carbocycles. The number of hydrogen-bond donors (Lipinski definition) is 3. The van der Waals surface area contributed by atoms with Crippen molar-refractivity contribution in [2.45, 2.75) is 6.92 Å². The minimum Gasteiger partial charge on any atom is -0.384 e. The molecule has 2 aromatic rings. The molecule has 98 valence electrons. The predicted molar refractivity (Wildman–Crippen MR) is 84.3 cm³/mol. The van der Waals surface area contributed by atoms with Gasteiger partial charge in [-0.2, -0.15) is 0 Å². The number of anilines is 3. The smallest absolute Gasteiger partial charge is 0.251 e. The first-order valence-corrected chi connectivity index (χ1v) is 6.64. The molecule has 0 unspecified atom stereocenters. The molecule has 0 fully saturated rings. The van der Waals surface area contributed by atoms with Crippen LogP contribution in [0.2, 0.25) is 0 Å². The van der Waals surface area contributed by atoms with E-state index < -0.39 is 5.91 Å². The average molecular weight is 368 g/mol. The van der Waals surface area contributed by atoms with Crippen molar-refractivity contribution in [1.82, 2.24) is 4.98 Å². The van der Waals surface area contributed by atoms with E-state index in [1.165, 1.54) is 12.3 Å². The molecule has 1 aromatic heterocycles. The fourth-order valence-corrected chi connectivity index (χ4v) is 2.14. The summed E-state index contributed by atoms with van der Waals surface area (Å²) >= 11 is 2.22. The largest absolute Gasteiger partial charge is 0.384 e. The molecule has 5 N–H and O–H groups in total. The van der Waals surface area contributed by atoms with Crippen LogP contribution in [-0.4, -0.2) is 10.9 Å². The lowest BCUT2D eigenvalue weighted by molar-refractivity contribution is 0.100. The minimum absolute atomic E-state index is 0.263. The number of carbonyl (C=O) groups is 1. The number of halogens is 1. The molecule has 0 bridgehead atoms. The summed E-state index contributed by atoms with van der Waals surface area (Å²) in [4.78, 5) is 15.4. The predicted octanol–water partition coefficient (Wildman–Crippen LogP) is 2.42. The summed E-state index contributed by atoms with van der Waals surface area (Å²) in [5.41, 5.74) is 13.7. The third-order valence-electron chi connectivity index (χ3n) is 2.66. The number of primary amides is 1. The van der Waals surface area contributed by atoms with Gasteiger partial charge >= 0.3 is 0 Å². The summed E-state index contributed by atoms with van der Waals surface area (Å²) in [6.07, 6.45) is 1.51. The topological polar surface area (TPSA) is 94.0 Å². The Hall–Kier alpha value is -1.83. The van der Waals surface area contributed by atoms with E-state index in [2.05, 4.69) is 32.9 Å². The summed E-state index contributed by atoms with van der Waals surface area (Å²) in [6.45, 7) is 1.98. The molecule has 0 saturated heterocycles. The fraction of sp³-hybridized carbons (Fsp3) is 0.0769. The Kier molecular flexibility index (Phi) is 3.89. The van der Waals surface area contributed by atoms with Gasteiger partial charge in [0, 0.05) is 9.26 Å². The Morgan fingerprint density at radius 1 is 1.32 bits per heavy atom. The third kappa shape index (κ3) is 3.14. The quantitative estimate of drug-likeness (QED) is 0.726. The SMILES string of the molecule is Cc1ccc(I)cc1Nc1cnc(N)cc1C(N)=O. The number of pyridine rings is 1. The van der Waals surface area contributed by atoms with Crippen LogP contribution in [0.1, 0.15) is 15.9 Å². The Bertz CT molecular complexity index is 643. The number of benzene rings is 1. The van der Waals surface area contributed by atoms with Crippen molar-refractivity contribution < 1.29 is 4.79 Å². The summed E-state index contributed by atoms with van der Waals surface area (Å²) in [6, 6.07) is 7.46. The van der Waals surface area contributed by atoms with Crippen LogP contribution in [0.3, 0.4) is 0 Å². The van der Waals surface area contributed by atoms with Gasteiger partial charge in [-0.25, -0.2) is 4.98 Å². The van der Waals surface area contributed by atoms with E-state index in [9.17, 15) is 4.79 Å². The van der Waals surface area contributed by atoms with Crippen LogP contribution < -0.4 is 16.8 Å². The molecule has 6 heteroatoms. The van der Waals surface area contributed by atoms with Crippen molar-refractivity contribution in [3.63, 3.8) is 0 Å². The molecule has 19 heavy (non-hydrogen) atoms. The summed E-state index contributed by atoms with van der Waals surface area (Å²) in [5, 5.41) is 3.17. The lowest BCUT2D eigenvalue weighted by Crippen LogP contribution is -2.14. The minimum atomic E-state index is -0.542. The van der Waals surface area contributed by atoms with Gasteiger partial charge in [0.25, 0.3) is 5.91 Å². The number of hydrogen-bond acceptors (Lipinski definition) is 4. The Balaban J connectivity index is 2.43. The lowest BCUT2D eigenvalue weighted by Gasteiger charge is -2.12. The maximum absolute atomic E-state index is 11.4. The highest BCUT2D eigenvalue weighted by atomic mass is 127. The Labute approximate surface area is 124 Å². The highest BCUT2D eigenvalue weighted by Crippen LogP contribution is 2.25. The first kappa shape index (κ1) is 13.6. The van der Waals surface area contributed by atoms with Crippen LogP contribution >= 0.6 is 22.6 Å². The summed E-state index contributed by atoms with van der Waals surface area (Å²) in [5.74, 6) is -0.279. The zero-order valence-corrected chi connectivity index (χ0v) is 12.4. The number of nitrogen functional groups attached to an aromatic ring is 1. The standard InChI is InChI=1S/C13H13IN4O/c1-7-2-3-8(14)4-10(7)18-11-6-17-12(15)5-9(11)13(16)19/h2-6,18H,1H3,(H2,15,17)(H2,16,19). The molecule has 0 aliphatic heterocycles. The van der Waals surface area contributed by atoms with Crippen molar-refractivity contribution >= 4 is 45.7 Å². The van der Waals surface area contributed by atoms with Crippen LogP contribution in [0, 0.1) is 10.5 Å². The van der Waals surface area contributed by atoms with Crippen molar-refractivity contribution in [2.75, 3.05) is 11.1 Å². The molecule has 0 aliphatic carbocycles. The second kappa shape index (κ2) is 5.43. The van der Waals surface area contributed by atoms with Crippen LogP contribution in [0.4, 0.5) is 17.2 Å². The molecule has 0 radical (unpaired) electrons. The van der Waals surface area contributed by atoms with E-state index in [1.807, 2.05) is 25.1 Å².